The lowest BCUT2D eigenvalue weighted by molar-refractivity contribution is -0.131. The van der Waals surface area contributed by atoms with Gasteiger partial charge in [-0.1, -0.05) is 0 Å². The highest BCUT2D eigenvalue weighted by Crippen LogP contribution is 2.26. The van der Waals surface area contributed by atoms with E-state index in [9.17, 15) is 14.0 Å². The van der Waals surface area contributed by atoms with Crippen LogP contribution in [0.5, 0.6) is 5.75 Å². The summed E-state index contributed by atoms with van der Waals surface area (Å²) in [5.74, 6) is -1.84. The molecule has 0 saturated heterocycles. The molecule has 0 aliphatic carbocycles. The summed E-state index contributed by atoms with van der Waals surface area (Å²) in [5.41, 5.74) is 0.100. The minimum atomic E-state index is -1.21. The second-order valence-corrected chi connectivity index (χ2v) is 2.87. The summed E-state index contributed by atoms with van der Waals surface area (Å²) in [6.45, 7) is 0. The van der Waals surface area contributed by atoms with Crippen LogP contribution in [0.15, 0.2) is 18.2 Å². The fourth-order valence-corrected chi connectivity index (χ4v) is 1.22. The summed E-state index contributed by atoms with van der Waals surface area (Å²) in [5, 5.41) is 8.44. The van der Waals surface area contributed by atoms with E-state index in [0.717, 1.165) is 18.2 Å². The van der Waals surface area contributed by atoms with E-state index in [1.165, 1.54) is 13.2 Å². The molecule has 0 radical (unpaired) electrons. The maximum Gasteiger partial charge on any atom is 0.328 e. The lowest BCUT2D eigenvalue weighted by Gasteiger charge is -2.08. The van der Waals surface area contributed by atoms with Crippen LogP contribution in [-0.2, 0) is 4.79 Å². The molecule has 1 rings (SSSR count). The molecular formula is C11H9FO4. The standard InChI is InChI=1S/C11H9FO4/c1-16-11-7(6-13)2-4-9(12)8(11)3-5-10(14)15/h2-6H,1H3,(H,14,15)/b5-3+. The lowest BCUT2D eigenvalue weighted by Crippen LogP contribution is -1.97. The van der Waals surface area contributed by atoms with Gasteiger partial charge in [0.2, 0.25) is 0 Å². The van der Waals surface area contributed by atoms with Crippen molar-refractivity contribution < 1.29 is 23.8 Å². The summed E-state index contributed by atoms with van der Waals surface area (Å²) in [4.78, 5) is 21.0. The van der Waals surface area contributed by atoms with E-state index in [-0.39, 0.29) is 16.9 Å². The minimum Gasteiger partial charge on any atom is -0.495 e. The van der Waals surface area contributed by atoms with Gasteiger partial charge < -0.3 is 9.84 Å². The van der Waals surface area contributed by atoms with E-state index in [2.05, 4.69) is 0 Å². The first-order valence-corrected chi connectivity index (χ1v) is 4.32. The molecule has 0 aliphatic rings. The fourth-order valence-electron chi connectivity index (χ4n) is 1.22. The van der Waals surface area contributed by atoms with E-state index in [0.29, 0.717) is 6.29 Å². The molecule has 84 valence electrons. The Kier molecular flexibility index (Phi) is 3.77. The number of carbonyl (C=O) groups is 2. The van der Waals surface area contributed by atoms with Crippen LogP contribution in [0.3, 0.4) is 0 Å². The van der Waals surface area contributed by atoms with Crippen LogP contribution < -0.4 is 4.74 Å². The molecule has 0 bridgehead atoms. The van der Waals surface area contributed by atoms with E-state index < -0.39 is 11.8 Å². The van der Waals surface area contributed by atoms with Crippen molar-refractivity contribution in [3.05, 3.63) is 35.2 Å². The largest absolute Gasteiger partial charge is 0.495 e. The maximum atomic E-state index is 13.4. The third-order valence-corrected chi connectivity index (χ3v) is 1.90. The van der Waals surface area contributed by atoms with Gasteiger partial charge in [0.25, 0.3) is 0 Å². The first-order valence-electron chi connectivity index (χ1n) is 4.32. The first kappa shape index (κ1) is 11.9. The molecule has 5 heteroatoms. The third kappa shape index (κ3) is 2.44. The molecule has 1 aromatic carbocycles. The molecule has 0 unspecified atom stereocenters. The third-order valence-electron chi connectivity index (χ3n) is 1.90. The van der Waals surface area contributed by atoms with Crippen LogP contribution >= 0.6 is 0 Å². The highest BCUT2D eigenvalue weighted by molar-refractivity contribution is 5.88. The zero-order valence-electron chi connectivity index (χ0n) is 8.44. The van der Waals surface area contributed by atoms with Gasteiger partial charge in [-0.15, -0.1) is 0 Å². The smallest absolute Gasteiger partial charge is 0.328 e. The normalized spacial score (nSPS) is 10.4. The number of hydrogen-bond acceptors (Lipinski definition) is 3. The molecule has 0 aliphatic heterocycles. The average molecular weight is 224 g/mol. The second-order valence-electron chi connectivity index (χ2n) is 2.87. The van der Waals surface area contributed by atoms with Crippen molar-refractivity contribution in [2.45, 2.75) is 0 Å². The molecule has 0 fully saturated rings. The highest BCUT2D eigenvalue weighted by Gasteiger charge is 2.11. The number of hydrogen-bond donors (Lipinski definition) is 1. The van der Waals surface area contributed by atoms with E-state index in [4.69, 9.17) is 9.84 Å². The Bertz CT molecular complexity index is 452. The Balaban J connectivity index is 3.34. The number of aliphatic carboxylic acids is 1. The van der Waals surface area contributed by atoms with Crippen LogP contribution in [0, 0.1) is 5.82 Å². The van der Waals surface area contributed by atoms with Crippen LogP contribution in [0.25, 0.3) is 6.08 Å². The number of carboxylic acids is 1. The number of carboxylic acid groups (broad SMARTS) is 1. The number of rotatable bonds is 4. The van der Waals surface area contributed by atoms with Crippen molar-refractivity contribution >= 4 is 18.3 Å². The number of methoxy groups -OCH3 is 1. The number of benzene rings is 1. The monoisotopic (exact) mass is 224 g/mol. The SMILES string of the molecule is COc1c(C=O)ccc(F)c1/C=C/C(=O)O. The Hall–Kier alpha value is -2.17. The molecule has 1 aromatic rings. The summed E-state index contributed by atoms with van der Waals surface area (Å²) in [6, 6.07) is 2.34. The lowest BCUT2D eigenvalue weighted by atomic mass is 10.1. The molecular weight excluding hydrogens is 215 g/mol. The summed E-state index contributed by atoms with van der Waals surface area (Å²) in [6.07, 6.45) is 2.33. The number of ether oxygens (including phenoxy) is 1. The van der Waals surface area contributed by atoms with Gasteiger partial charge >= 0.3 is 5.97 Å². The zero-order chi connectivity index (χ0) is 12.1. The molecule has 4 nitrogen and oxygen atoms in total. The van der Waals surface area contributed by atoms with E-state index >= 15 is 0 Å². The van der Waals surface area contributed by atoms with Gasteiger partial charge in [0.1, 0.15) is 11.6 Å². The molecule has 0 spiro atoms. The van der Waals surface area contributed by atoms with Crippen LogP contribution in [0.2, 0.25) is 0 Å². The maximum absolute atomic E-state index is 13.4. The number of halogens is 1. The molecule has 1 N–H and O–H groups in total. The Labute approximate surface area is 91.0 Å². The molecule has 0 aromatic heterocycles. The van der Waals surface area contributed by atoms with E-state index in [1.807, 2.05) is 0 Å². The summed E-state index contributed by atoms with van der Waals surface area (Å²) < 4.78 is 18.2. The van der Waals surface area contributed by atoms with Crippen molar-refractivity contribution in [1.82, 2.24) is 0 Å². The minimum absolute atomic E-state index is 0.0208. The van der Waals surface area contributed by atoms with Gasteiger partial charge in [-0.2, -0.15) is 0 Å². The van der Waals surface area contributed by atoms with Gasteiger partial charge in [-0.3, -0.25) is 4.79 Å². The molecule has 0 saturated carbocycles. The highest BCUT2D eigenvalue weighted by atomic mass is 19.1. The molecule has 0 atom stereocenters. The predicted molar refractivity (Wildman–Crippen MR) is 55.0 cm³/mol. The van der Waals surface area contributed by atoms with Crippen LogP contribution in [-0.4, -0.2) is 24.5 Å². The van der Waals surface area contributed by atoms with Gasteiger partial charge in [0.05, 0.1) is 18.2 Å². The predicted octanol–water partition coefficient (Wildman–Crippen LogP) is 1.74. The van der Waals surface area contributed by atoms with E-state index in [1.54, 1.807) is 0 Å². The Morgan fingerprint density at radius 1 is 1.50 bits per heavy atom. The molecule has 0 heterocycles. The van der Waals surface area contributed by atoms with Gasteiger partial charge in [-0.25, -0.2) is 9.18 Å². The Morgan fingerprint density at radius 3 is 2.69 bits per heavy atom. The van der Waals surface area contributed by atoms with Crippen LogP contribution in [0.4, 0.5) is 4.39 Å². The first-order chi connectivity index (χ1) is 7.60. The van der Waals surface area contributed by atoms with Crippen molar-refractivity contribution in [1.29, 1.82) is 0 Å². The summed E-state index contributed by atoms with van der Waals surface area (Å²) >= 11 is 0. The van der Waals surface area contributed by atoms with Crippen LogP contribution in [0.1, 0.15) is 15.9 Å². The van der Waals surface area contributed by atoms with Crippen molar-refractivity contribution in [3.63, 3.8) is 0 Å². The Morgan fingerprint density at radius 2 is 2.19 bits per heavy atom. The van der Waals surface area contributed by atoms with Crippen molar-refractivity contribution in [2.24, 2.45) is 0 Å². The number of carbonyl (C=O) groups excluding carboxylic acids is 1. The fraction of sp³-hybridized carbons (Fsp3) is 0.0909. The average Bonchev–Trinajstić information content (AvgIpc) is 2.26. The van der Waals surface area contributed by atoms with Crippen molar-refractivity contribution in [2.75, 3.05) is 7.11 Å². The number of aldehydes is 1. The van der Waals surface area contributed by atoms with Gasteiger partial charge in [-0.05, 0) is 18.2 Å². The topological polar surface area (TPSA) is 63.6 Å². The molecule has 16 heavy (non-hydrogen) atoms. The summed E-state index contributed by atoms with van der Waals surface area (Å²) in [7, 11) is 1.28. The van der Waals surface area contributed by atoms with Gasteiger partial charge in [0, 0.05) is 6.08 Å². The van der Waals surface area contributed by atoms with Crippen molar-refractivity contribution in [3.8, 4) is 5.75 Å². The molecule has 0 amide bonds. The second kappa shape index (κ2) is 5.06. The quantitative estimate of drug-likeness (QED) is 0.625. The zero-order valence-corrected chi connectivity index (χ0v) is 8.44. The van der Waals surface area contributed by atoms with Gasteiger partial charge in [0.15, 0.2) is 6.29 Å².